The molecule has 104 valence electrons. The Kier molecular flexibility index (Phi) is 4.03. The zero-order chi connectivity index (χ0) is 14.7. The van der Waals surface area contributed by atoms with Crippen LogP contribution in [0.5, 0.6) is 0 Å². The monoisotopic (exact) mass is 270 g/mol. The molecule has 0 aliphatic rings. The fourth-order valence-electron chi connectivity index (χ4n) is 2.09. The van der Waals surface area contributed by atoms with Crippen molar-refractivity contribution in [3.63, 3.8) is 0 Å². The summed E-state index contributed by atoms with van der Waals surface area (Å²) in [5.41, 5.74) is 2.15. The maximum absolute atomic E-state index is 12.4. The number of hydrogen-bond donors (Lipinski definition) is 0. The predicted octanol–water partition coefficient (Wildman–Crippen LogP) is 2.50. The number of carbonyl (C=O) groups is 2. The first-order valence-electron chi connectivity index (χ1n) is 6.45. The fraction of sp³-hybridized carbons (Fsp3) is 0.250. The molecule has 0 spiro atoms. The maximum atomic E-state index is 12.4. The highest BCUT2D eigenvalue weighted by atomic mass is 16.2. The van der Waals surface area contributed by atoms with E-state index >= 15 is 0 Å². The number of benzene rings is 1. The summed E-state index contributed by atoms with van der Waals surface area (Å²) in [7, 11) is 3.53. The second kappa shape index (κ2) is 5.74. The molecule has 1 heterocycles. The molecule has 2 aromatic rings. The predicted molar refractivity (Wildman–Crippen MR) is 77.7 cm³/mol. The number of Topliss-reactive ketones (excluding diaryl/α,β-unsaturated/α-hetero) is 1. The van der Waals surface area contributed by atoms with Crippen LogP contribution in [0.25, 0.3) is 0 Å². The van der Waals surface area contributed by atoms with E-state index in [0.717, 1.165) is 5.56 Å². The summed E-state index contributed by atoms with van der Waals surface area (Å²) in [4.78, 5) is 25.4. The Balaban J connectivity index is 2.16. The van der Waals surface area contributed by atoms with Gasteiger partial charge < -0.3 is 9.47 Å². The molecule has 0 unspecified atom stereocenters. The third kappa shape index (κ3) is 2.96. The van der Waals surface area contributed by atoms with Gasteiger partial charge >= 0.3 is 0 Å². The molecule has 2 rings (SSSR count). The van der Waals surface area contributed by atoms with Crippen LogP contribution >= 0.6 is 0 Å². The Morgan fingerprint density at radius 3 is 2.40 bits per heavy atom. The lowest BCUT2D eigenvalue weighted by Gasteiger charge is -2.17. The van der Waals surface area contributed by atoms with E-state index in [0.29, 0.717) is 17.8 Å². The topological polar surface area (TPSA) is 42.3 Å². The van der Waals surface area contributed by atoms with Gasteiger partial charge in [0.25, 0.3) is 5.91 Å². The van der Waals surface area contributed by atoms with E-state index in [1.807, 2.05) is 30.3 Å². The smallest absolute Gasteiger partial charge is 0.270 e. The van der Waals surface area contributed by atoms with Gasteiger partial charge in [-0.1, -0.05) is 30.3 Å². The van der Waals surface area contributed by atoms with Gasteiger partial charge in [0, 0.05) is 32.4 Å². The molecule has 0 saturated heterocycles. The third-order valence-electron chi connectivity index (χ3n) is 3.24. The molecule has 4 nitrogen and oxygen atoms in total. The van der Waals surface area contributed by atoms with Gasteiger partial charge in [-0.2, -0.15) is 0 Å². The normalized spacial score (nSPS) is 10.3. The molecule has 0 N–H and O–H groups in total. The highest BCUT2D eigenvalue weighted by Crippen LogP contribution is 2.12. The van der Waals surface area contributed by atoms with Gasteiger partial charge in [-0.15, -0.1) is 0 Å². The second-order valence-corrected chi connectivity index (χ2v) is 4.93. The van der Waals surface area contributed by atoms with Crippen LogP contribution in [-0.2, 0) is 13.6 Å². The number of nitrogens with zero attached hydrogens (tertiary/aromatic N) is 2. The minimum Gasteiger partial charge on any atom is -0.346 e. The number of carbonyl (C=O) groups excluding carboxylic acids is 2. The zero-order valence-corrected chi connectivity index (χ0v) is 12.0. The van der Waals surface area contributed by atoms with E-state index in [1.165, 1.54) is 6.92 Å². The number of aromatic nitrogens is 1. The van der Waals surface area contributed by atoms with E-state index in [4.69, 9.17) is 0 Å². The summed E-state index contributed by atoms with van der Waals surface area (Å²) in [6, 6.07) is 11.5. The Hall–Kier alpha value is -2.36. The van der Waals surface area contributed by atoms with E-state index in [2.05, 4.69) is 0 Å². The van der Waals surface area contributed by atoms with Gasteiger partial charge in [-0.3, -0.25) is 9.59 Å². The minimum atomic E-state index is -0.0937. The van der Waals surface area contributed by atoms with Crippen LogP contribution in [-0.4, -0.2) is 28.2 Å². The molecular formula is C16H18N2O2. The Labute approximate surface area is 118 Å². The summed E-state index contributed by atoms with van der Waals surface area (Å²) < 4.78 is 1.69. The number of amides is 1. The Bertz CT molecular complexity index is 629. The quantitative estimate of drug-likeness (QED) is 0.801. The van der Waals surface area contributed by atoms with Gasteiger partial charge in [-0.25, -0.2) is 0 Å². The first-order chi connectivity index (χ1) is 9.49. The lowest BCUT2D eigenvalue weighted by molar-refractivity contribution is 0.0775. The molecule has 1 amide bonds. The summed E-state index contributed by atoms with van der Waals surface area (Å²) in [6.07, 6.45) is 1.69. The van der Waals surface area contributed by atoms with Crippen molar-refractivity contribution in [3.05, 3.63) is 59.4 Å². The van der Waals surface area contributed by atoms with E-state index < -0.39 is 0 Å². The molecule has 0 aliphatic carbocycles. The van der Waals surface area contributed by atoms with Gasteiger partial charge in [0.05, 0.1) is 0 Å². The molecule has 0 aliphatic heterocycles. The van der Waals surface area contributed by atoms with Crippen molar-refractivity contribution in [2.45, 2.75) is 13.5 Å². The van der Waals surface area contributed by atoms with Gasteiger partial charge in [0.1, 0.15) is 5.69 Å². The third-order valence-corrected chi connectivity index (χ3v) is 3.24. The summed E-state index contributed by atoms with van der Waals surface area (Å²) in [5, 5.41) is 0. The molecule has 0 bridgehead atoms. The van der Waals surface area contributed by atoms with Crippen LogP contribution in [0.1, 0.15) is 33.3 Å². The molecule has 1 aromatic carbocycles. The average molecular weight is 270 g/mol. The largest absolute Gasteiger partial charge is 0.346 e. The first kappa shape index (κ1) is 14.1. The molecule has 0 radical (unpaired) electrons. The standard InChI is InChI=1S/C16H18N2O2/c1-12(19)14-9-15(17(2)11-14)16(20)18(3)10-13-7-5-4-6-8-13/h4-9,11H,10H2,1-3H3. The minimum absolute atomic E-state index is 0.0367. The zero-order valence-electron chi connectivity index (χ0n) is 12.0. The number of ketones is 1. The molecule has 1 aromatic heterocycles. The highest BCUT2D eigenvalue weighted by Gasteiger charge is 2.17. The van der Waals surface area contributed by atoms with Gasteiger partial charge in [0.2, 0.25) is 0 Å². The maximum Gasteiger partial charge on any atom is 0.270 e. The lowest BCUT2D eigenvalue weighted by atomic mass is 10.2. The summed E-state index contributed by atoms with van der Waals surface area (Å²) in [6.45, 7) is 2.04. The molecule has 0 atom stereocenters. The second-order valence-electron chi connectivity index (χ2n) is 4.93. The van der Waals surface area contributed by atoms with Crippen molar-refractivity contribution in [1.82, 2.24) is 9.47 Å². The molecular weight excluding hydrogens is 252 g/mol. The Morgan fingerprint density at radius 2 is 1.85 bits per heavy atom. The average Bonchev–Trinajstić information content (AvgIpc) is 2.81. The first-order valence-corrected chi connectivity index (χ1v) is 6.45. The van der Waals surface area contributed by atoms with Crippen LogP contribution < -0.4 is 0 Å². The number of hydrogen-bond acceptors (Lipinski definition) is 2. The van der Waals surface area contributed by atoms with Gasteiger partial charge in [0.15, 0.2) is 5.78 Å². The lowest BCUT2D eigenvalue weighted by Crippen LogP contribution is -2.27. The van der Waals surface area contributed by atoms with E-state index in [1.54, 1.807) is 35.8 Å². The Morgan fingerprint density at radius 1 is 1.20 bits per heavy atom. The molecule has 0 fully saturated rings. The fourth-order valence-corrected chi connectivity index (χ4v) is 2.09. The van der Waals surface area contributed by atoms with Gasteiger partial charge in [-0.05, 0) is 18.6 Å². The van der Waals surface area contributed by atoms with Crippen molar-refractivity contribution in [2.75, 3.05) is 7.05 Å². The molecule has 20 heavy (non-hydrogen) atoms. The highest BCUT2D eigenvalue weighted by molar-refractivity contribution is 5.99. The molecule has 4 heteroatoms. The van der Waals surface area contributed by atoms with Crippen LogP contribution in [0.4, 0.5) is 0 Å². The van der Waals surface area contributed by atoms with E-state index in [9.17, 15) is 9.59 Å². The molecule has 0 saturated carbocycles. The van der Waals surface area contributed by atoms with Crippen molar-refractivity contribution in [3.8, 4) is 0 Å². The van der Waals surface area contributed by atoms with Crippen molar-refractivity contribution >= 4 is 11.7 Å². The van der Waals surface area contributed by atoms with Crippen molar-refractivity contribution < 1.29 is 9.59 Å². The number of rotatable bonds is 4. The number of aryl methyl sites for hydroxylation is 1. The van der Waals surface area contributed by atoms with E-state index in [-0.39, 0.29) is 11.7 Å². The van der Waals surface area contributed by atoms with Crippen molar-refractivity contribution in [1.29, 1.82) is 0 Å². The summed E-state index contributed by atoms with van der Waals surface area (Å²) in [5.74, 6) is -0.130. The van der Waals surface area contributed by atoms with Crippen LogP contribution in [0.3, 0.4) is 0 Å². The van der Waals surface area contributed by atoms with Crippen LogP contribution in [0.2, 0.25) is 0 Å². The van der Waals surface area contributed by atoms with Crippen LogP contribution in [0.15, 0.2) is 42.6 Å². The SMILES string of the molecule is CC(=O)c1cc(C(=O)N(C)Cc2ccccc2)n(C)c1. The summed E-state index contributed by atoms with van der Waals surface area (Å²) >= 11 is 0. The van der Waals surface area contributed by atoms with Crippen LogP contribution in [0, 0.1) is 0 Å². The van der Waals surface area contributed by atoms with Crippen molar-refractivity contribution in [2.24, 2.45) is 7.05 Å².